The first-order valence-electron chi connectivity index (χ1n) is 19.4. The van der Waals surface area contributed by atoms with E-state index in [1.807, 2.05) is 34.0 Å². The van der Waals surface area contributed by atoms with Crippen molar-refractivity contribution < 1.29 is 0 Å². The largest absolute Gasteiger partial charge is 0.135 e. The highest BCUT2D eigenvalue weighted by Gasteiger charge is 2.18. The second-order valence-corrected chi connectivity index (χ2v) is 18.4. The molecule has 0 amide bonds. The smallest absolute Gasteiger partial charge is 0.0369 e. The molecule has 57 heavy (non-hydrogen) atoms. The molecule has 3 heterocycles. The highest BCUT2D eigenvalue weighted by molar-refractivity contribution is 7.28. The number of thiophene rings is 3. The van der Waals surface area contributed by atoms with Gasteiger partial charge in [-0.25, -0.2) is 0 Å². The summed E-state index contributed by atoms with van der Waals surface area (Å²) in [5.74, 6) is 0. The highest BCUT2D eigenvalue weighted by atomic mass is 32.1. The highest BCUT2D eigenvalue weighted by Crippen LogP contribution is 2.47. The van der Waals surface area contributed by atoms with E-state index in [4.69, 9.17) is 0 Å². The van der Waals surface area contributed by atoms with Crippen LogP contribution in [0.1, 0.15) is 0 Å². The molecule has 0 aliphatic carbocycles. The molecule has 0 aliphatic heterocycles. The Morgan fingerprint density at radius 3 is 1.51 bits per heavy atom. The topological polar surface area (TPSA) is 0 Å². The zero-order valence-corrected chi connectivity index (χ0v) is 33.0. The maximum Gasteiger partial charge on any atom is 0.0369 e. The summed E-state index contributed by atoms with van der Waals surface area (Å²) >= 11 is 5.72. The Labute approximate surface area is 340 Å². The summed E-state index contributed by atoms with van der Waals surface area (Å²) in [5, 5.41) is 15.8. The van der Waals surface area contributed by atoms with Crippen LogP contribution >= 0.6 is 34.0 Å². The fourth-order valence-electron chi connectivity index (χ4n) is 9.47. The van der Waals surface area contributed by atoms with Gasteiger partial charge in [-0.3, -0.25) is 0 Å². The van der Waals surface area contributed by atoms with Gasteiger partial charge in [0.05, 0.1) is 0 Å². The van der Waals surface area contributed by atoms with Crippen molar-refractivity contribution in [3.63, 3.8) is 0 Å². The molecular formula is C54H30S3. The van der Waals surface area contributed by atoms with Crippen LogP contribution in [-0.4, -0.2) is 0 Å². The van der Waals surface area contributed by atoms with E-state index in [1.54, 1.807) is 0 Å². The fraction of sp³-hybridized carbons (Fsp3) is 0. The van der Waals surface area contributed by atoms with Gasteiger partial charge >= 0.3 is 0 Å². The maximum absolute atomic E-state index is 2.44. The first-order chi connectivity index (χ1) is 28.2. The van der Waals surface area contributed by atoms with Crippen molar-refractivity contribution in [2.45, 2.75) is 0 Å². The van der Waals surface area contributed by atoms with E-state index in [0.717, 1.165) is 0 Å². The van der Waals surface area contributed by atoms with Gasteiger partial charge in [-0.05, 0) is 114 Å². The molecule has 0 unspecified atom stereocenters. The van der Waals surface area contributed by atoms with E-state index in [0.29, 0.717) is 0 Å². The molecule has 13 rings (SSSR count). The summed E-state index contributed by atoms with van der Waals surface area (Å²) in [6.07, 6.45) is 0. The molecule has 0 saturated heterocycles. The standard InChI is InChI=1S/C54H30S3/c1-2-11-31(12-3-1)53-38-15-4-6-17-40(38)54(41-18-7-5-16-39(41)53)34-21-23-37-43-26-33(22-24-48(43)56-49(37)27-34)35-19-10-13-32-25-44-46-28-45-36-14-8-9-20-47(36)55-51(45)30-52(46)57-50(44)29-42(32)35/h1-30H. The van der Waals surface area contributed by atoms with Gasteiger partial charge in [-0.1, -0.05) is 133 Å². The molecule has 0 saturated carbocycles. The van der Waals surface area contributed by atoms with E-state index in [2.05, 4.69) is 182 Å². The lowest BCUT2D eigenvalue weighted by Crippen LogP contribution is -1.90. The lowest BCUT2D eigenvalue weighted by atomic mass is 9.86. The molecule has 0 nitrogen and oxygen atoms in total. The summed E-state index contributed by atoms with van der Waals surface area (Å²) in [6, 6.07) is 68.3. The third kappa shape index (κ3) is 4.71. The van der Waals surface area contributed by atoms with Gasteiger partial charge in [0.2, 0.25) is 0 Å². The number of hydrogen-bond acceptors (Lipinski definition) is 3. The van der Waals surface area contributed by atoms with Gasteiger partial charge in [-0.2, -0.15) is 0 Å². The average molecular weight is 775 g/mol. The predicted molar refractivity (Wildman–Crippen MR) is 254 cm³/mol. The maximum atomic E-state index is 2.44. The van der Waals surface area contributed by atoms with Crippen molar-refractivity contribution >= 4 is 127 Å². The predicted octanol–water partition coefficient (Wildman–Crippen LogP) is 17.3. The van der Waals surface area contributed by atoms with E-state index < -0.39 is 0 Å². The number of hydrogen-bond donors (Lipinski definition) is 0. The van der Waals surface area contributed by atoms with E-state index in [1.165, 1.54) is 126 Å². The number of rotatable bonds is 3. The molecule has 3 aromatic heterocycles. The molecule has 10 aromatic carbocycles. The van der Waals surface area contributed by atoms with Crippen molar-refractivity contribution in [1.82, 2.24) is 0 Å². The van der Waals surface area contributed by atoms with Crippen LogP contribution in [0.2, 0.25) is 0 Å². The van der Waals surface area contributed by atoms with Gasteiger partial charge in [0.15, 0.2) is 0 Å². The number of fused-ring (bicyclic) bond motifs is 12. The van der Waals surface area contributed by atoms with Gasteiger partial charge in [0, 0.05) is 60.5 Å². The Hall–Kier alpha value is -6.36. The van der Waals surface area contributed by atoms with Gasteiger partial charge < -0.3 is 0 Å². The van der Waals surface area contributed by atoms with Crippen LogP contribution in [0.3, 0.4) is 0 Å². The van der Waals surface area contributed by atoms with Crippen LogP contribution < -0.4 is 0 Å². The molecule has 3 heteroatoms. The minimum absolute atomic E-state index is 1.25. The Morgan fingerprint density at radius 1 is 0.228 bits per heavy atom. The van der Waals surface area contributed by atoms with Gasteiger partial charge in [0.25, 0.3) is 0 Å². The van der Waals surface area contributed by atoms with E-state index >= 15 is 0 Å². The van der Waals surface area contributed by atoms with Crippen LogP contribution in [0, 0.1) is 0 Å². The Morgan fingerprint density at radius 2 is 0.754 bits per heavy atom. The Kier molecular flexibility index (Phi) is 6.73. The molecular weight excluding hydrogens is 745 g/mol. The molecule has 0 fully saturated rings. The minimum atomic E-state index is 1.25. The average Bonchev–Trinajstić information content (AvgIpc) is 3.93. The molecule has 13 aromatic rings. The third-order valence-electron chi connectivity index (χ3n) is 12.0. The fourth-order valence-corrected chi connectivity index (χ4v) is 12.9. The zero-order chi connectivity index (χ0) is 37.2. The van der Waals surface area contributed by atoms with Gasteiger partial charge in [-0.15, -0.1) is 34.0 Å². The second kappa shape index (κ2) is 12.1. The first-order valence-corrected chi connectivity index (χ1v) is 21.8. The summed E-state index contributed by atoms with van der Waals surface area (Å²) < 4.78 is 8.07. The second-order valence-electron chi connectivity index (χ2n) is 15.2. The van der Waals surface area contributed by atoms with E-state index in [-0.39, 0.29) is 0 Å². The molecule has 0 atom stereocenters. The van der Waals surface area contributed by atoms with Gasteiger partial charge in [0.1, 0.15) is 0 Å². The SMILES string of the molecule is c1ccc(-c2c3ccccc3c(-c3ccc4c(c3)sc3ccc(-c5cccc6cc7c(cc56)sc5cc6sc8ccccc8c6cc57)cc34)c3ccccc23)cc1. The molecule has 0 spiro atoms. The quantitative estimate of drug-likeness (QED) is 0.157. The van der Waals surface area contributed by atoms with E-state index in [9.17, 15) is 0 Å². The van der Waals surface area contributed by atoms with Crippen molar-refractivity contribution in [1.29, 1.82) is 0 Å². The van der Waals surface area contributed by atoms with Crippen LogP contribution in [-0.2, 0) is 0 Å². The van der Waals surface area contributed by atoms with Crippen LogP contribution in [0.15, 0.2) is 182 Å². The first kappa shape index (κ1) is 31.8. The Balaban J connectivity index is 0.958. The normalized spacial score (nSPS) is 12.2. The molecule has 0 N–H and O–H groups in total. The summed E-state index contributed by atoms with van der Waals surface area (Å²) in [7, 11) is 0. The molecule has 0 bridgehead atoms. The number of benzene rings is 10. The summed E-state index contributed by atoms with van der Waals surface area (Å²) in [4.78, 5) is 0. The molecule has 264 valence electrons. The van der Waals surface area contributed by atoms with Crippen molar-refractivity contribution in [2.75, 3.05) is 0 Å². The third-order valence-corrected chi connectivity index (χ3v) is 15.4. The van der Waals surface area contributed by atoms with Crippen molar-refractivity contribution in [3.8, 4) is 33.4 Å². The lowest BCUT2D eigenvalue weighted by Gasteiger charge is -2.17. The van der Waals surface area contributed by atoms with Crippen LogP contribution in [0.5, 0.6) is 0 Å². The molecule has 0 aliphatic rings. The summed E-state index contributed by atoms with van der Waals surface area (Å²) in [6.45, 7) is 0. The van der Waals surface area contributed by atoms with Crippen molar-refractivity contribution in [2.24, 2.45) is 0 Å². The monoisotopic (exact) mass is 774 g/mol. The Bertz CT molecular complexity index is 3750. The zero-order valence-electron chi connectivity index (χ0n) is 30.5. The summed E-state index contributed by atoms with van der Waals surface area (Å²) in [5.41, 5.74) is 7.66. The minimum Gasteiger partial charge on any atom is -0.135 e. The molecule has 0 radical (unpaired) electrons. The lowest BCUT2D eigenvalue weighted by molar-refractivity contribution is 1.66. The van der Waals surface area contributed by atoms with Crippen molar-refractivity contribution in [3.05, 3.63) is 182 Å². The van der Waals surface area contributed by atoms with Crippen LogP contribution in [0.25, 0.3) is 126 Å². The van der Waals surface area contributed by atoms with Crippen LogP contribution in [0.4, 0.5) is 0 Å².